The van der Waals surface area contributed by atoms with E-state index in [1.54, 1.807) is 22.9 Å². The van der Waals surface area contributed by atoms with E-state index in [0.29, 0.717) is 17.7 Å². The number of nitrogens with one attached hydrogen (secondary N) is 1. The topological polar surface area (TPSA) is 56.2 Å². The molecular weight excluding hydrogens is 345 g/mol. The van der Waals surface area contributed by atoms with E-state index in [9.17, 15) is 9.18 Å². The molecule has 1 unspecified atom stereocenters. The van der Waals surface area contributed by atoms with Crippen LogP contribution in [0.3, 0.4) is 0 Å². The summed E-state index contributed by atoms with van der Waals surface area (Å²) in [5, 5.41) is 7.34. The molecule has 1 atom stereocenters. The lowest BCUT2D eigenvalue weighted by molar-refractivity contribution is -0.116. The second-order valence-electron chi connectivity index (χ2n) is 6.73. The van der Waals surface area contributed by atoms with E-state index >= 15 is 0 Å². The zero-order valence-electron chi connectivity index (χ0n) is 15.2. The molecule has 2 heterocycles. The fourth-order valence-electron chi connectivity index (χ4n) is 3.57. The molecule has 1 N–H and O–H groups in total. The summed E-state index contributed by atoms with van der Waals surface area (Å²) < 4.78 is 21.1. The number of fused-ring (bicyclic) bond motifs is 1. The molecule has 4 rings (SSSR count). The van der Waals surface area contributed by atoms with Crippen LogP contribution in [0.25, 0.3) is 0 Å². The molecule has 0 spiro atoms. The van der Waals surface area contributed by atoms with Gasteiger partial charge in [0.15, 0.2) is 0 Å². The van der Waals surface area contributed by atoms with Crippen LogP contribution in [0.2, 0.25) is 0 Å². The van der Waals surface area contributed by atoms with Gasteiger partial charge in [0.2, 0.25) is 5.91 Å². The number of ether oxygens (including phenoxy) is 1. The Balaban J connectivity index is 1.55. The van der Waals surface area contributed by atoms with E-state index < -0.39 is 0 Å². The molecule has 1 aliphatic rings. The smallest absolute Gasteiger partial charge is 0.226 e. The predicted octanol–water partition coefficient (Wildman–Crippen LogP) is 3.92. The lowest BCUT2D eigenvalue weighted by Gasteiger charge is -2.24. The van der Waals surface area contributed by atoms with Crippen LogP contribution in [0.15, 0.2) is 48.5 Å². The van der Waals surface area contributed by atoms with E-state index in [-0.39, 0.29) is 24.2 Å². The van der Waals surface area contributed by atoms with Crippen LogP contribution < -0.4 is 10.1 Å². The van der Waals surface area contributed by atoms with Crippen LogP contribution in [-0.4, -0.2) is 15.7 Å². The molecule has 2 aromatic carbocycles. The molecule has 1 aliphatic heterocycles. The molecule has 1 aromatic heterocycles. The van der Waals surface area contributed by atoms with Crippen LogP contribution in [0.4, 0.5) is 10.2 Å². The van der Waals surface area contributed by atoms with Gasteiger partial charge in [0, 0.05) is 30.5 Å². The van der Waals surface area contributed by atoms with Gasteiger partial charge >= 0.3 is 0 Å². The zero-order valence-corrected chi connectivity index (χ0v) is 15.2. The maximum atomic E-state index is 13.7. The highest BCUT2D eigenvalue weighted by atomic mass is 19.1. The van der Waals surface area contributed by atoms with E-state index in [1.165, 1.54) is 6.07 Å². The van der Waals surface area contributed by atoms with Crippen LogP contribution in [0.1, 0.15) is 34.7 Å². The number of hydrogen-bond acceptors (Lipinski definition) is 3. The third kappa shape index (κ3) is 3.30. The molecule has 3 aromatic rings. The van der Waals surface area contributed by atoms with Gasteiger partial charge in [-0.2, -0.15) is 5.10 Å². The Labute approximate surface area is 156 Å². The largest absolute Gasteiger partial charge is 0.489 e. The molecule has 0 fully saturated rings. The third-order valence-corrected chi connectivity index (χ3v) is 4.90. The minimum absolute atomic E-state index is 0.0182. The number of carbonyl (C=O) groups excluding carboxylic acids is 1. The van der Waals surface area contributed by atoms with Gasteiger partial charge in [0.25, 0.3) is 0 Å². The third-order valence-electron chi connectivity index (χ3n) is 4.90. The second-order valence-corrected chi connectivity index (χ2v) is 6.73. The fraction of sp³-hybridized carbons (Fsp3) is 0.238. The van der Waals surface area contributed by atoms with E-state index in [2.05, 4.69) is 10.4 Å². The maximum absolute atomic E-state index is 13.7. The van der Waals surface area contributed by atoms with E-state index in [4.69, 9.17) is 4.74 Å². The van der Waals surface area contributed by atoms with Gasteiger partial charge in [0.05, 0.1) is 5.69 Å². The van der Waals surface area contributed by atoms with Gasteiger partial charge in [-0.1, -0.05) is 30.3 Å². The van der Waals surface area contributed by atoms with E-state index in [0.717, 1.165) is 22.6 Å². The highest BCUT2D eigenvalue weighted by molar-refractivity contribution is 5.94. The van der Waals surface area contributed by atoms with Gasteiger partial charge < -0.3 is 10.1 Å². The van der Waals surface area contributed by atoms with Crippen molar-refractivity contribution in [2.45, 2.75) is 25.9 Å². The molecule has 0 bridgehead atoms. The van der Waals surface area contributed by atoms with Crippen molar-refractivity contribution >= 4 is 11.7 Å². The Morgan fingerprint density at radius 3 is 2.70 bits per heavy atom. The zero-order chi connectivity index (χ0) is 19.0. The molecule has 0 radical (unpaired) electrons. The van der Waals surface area contributed by atoms with Crippen molar-refractivity contribution in [2.24, 2.45) is 7.05 Å². The molecular formula is C21H20FN3O2. The molecule has 0 saturated heterocycles. The molecule has 5 nitrogen and oxygen atoms in total. The summed E-state index contributed by atoms with van der Waals surface area (Å²) in [5.41, 5.74) is 3.51. The molecule has 0 aliphatic carbocycles. The van der Waals surface area contributed by atoms with Crippen molar-refractivity contribution in [1.82, 2.24) is 9.78 Å². The van der Waals surface area contributed by atoms with Crippen molar-refractivity contribution in [2.75, 3.05) is 5.32 Å². The number of carbonyl (C=O) groups is 1. The van der Waals surface area contributed by atoms with Crippen LogP contribution in [0, 0.1) is 12.7 Å². The summed E-state index contributed by atoms with van der Waals surface area (Å²) in [5.74, 6) is 1.08. The summed E-state index contributed by atoms with van der Waals surface area (Å²) in [6, 6.07) is 14.2. The highest BCUT2D eigenvalue weighted by Crippen LogP contribution is 2.39. The Morgan fingerprint density at radius 2 is 1.96 bits per heavy atom. The van der Waals surface area contributed by atoms with Gasteiger partial charge in [-0.25, -0.2) is 4.39 Å². The van der Waals surface area contributed by atoms with Crippen LogP contribution in [0.5, 0.6) is 5.75 Å². The molecule has 27 heavy (non-hydrogen) atoms. The number of halogens is 1. The SMILES string of the molecule is Cc1nn(C)c2c1C(c1ccc(OCc3ccccc3F)cc1)CC(=O)N2. The summed E-state index contributed by atoms with van der Waals surface area (Å²) in [7, 11) is 1.83. The number of benzene rings is 2. The molecule has 138 valence electrons. The summed E-state index contributed by atoms with van der Waals surface area (Å²) >= 11 is 0. The fourth-order valence-corrected chi connectivity index (χ4v) is 3.57. The van der Waals surface area contributed by atoms with E-state index in [1.807, 2.05) is 38.2 Å². The quantitative estimate of drug-likeness (QED) is 0.762. The minimum atomic E-state index is -0.276. The average Bonchev–Trinajstić information content (AvgIpc) is 2.94. The first-order valence-corrected chi connectivity index (χ1v) is 8.82. The standard InChI is InChI=1S/C21H20FN3O2/c1-13-20-17(11-19(26)23-21(20)25(2)24-13)14-7-9-16(10-8-14)27-12-15-5-3-4-6-18(15)22/h3-10,17H,11-12H2,1-2H3,(H,23,26). The lowest BCUT2D eigenvalue weighted by atomic mass is 9.86. The Hall–Kier alpha value is -3.15. The van der Waals surface area contributed by atoms with Gasteiger partial charge in [-0.3, -0.25) is 9.48 Å². The molecule has 6 heteroatoms. The van der Waals surface area contributed by atoms with Crippen LogP contribution in [-0.2, 0) is 18.4 Å². The van der Waals surface area contributed by atoms with Crippen LogP contribution >= 0.6 is 0 Å². The van der Waals surface area contributed by atoms with Crippen molar-refractivity contribution in [3.63, 3.8) is 0 Å². The lowest BCUT2D eigenvalue weighted by Crippen LogP contribution is -2.24. The molecule has 1 amide bonds. The van der Waals surface area contributed by atoms with Crippen molar-refractivity contribution in [1.29, 1.82) is 0 Å². The summed E-state index contributed by atoms with van der Waals surface area (Å²) in [6.07, 6.45) is 0.384. The minimum Gasteiger partial charge on any atom is -0.489 e. The number of aryl methyl sites for hydroxylation is 2. The van der Waals surface area contributed by atoms with Crippen molar-refractivity contribution < 1.29 is 13.9 Å². The second kappa shape index (κ2) is 6.87. The Bertz CT molecular complexity index is 995. The summed E-state index contributed by atoms with van der Waals surface area (Å²) in [6.45, 7) is 2.12. The number of hydrogen-bond donors (Lipinski definition) is 1. The monoisotopic (exact) mass is 365 g/mol. The number of anilines is 1. The average molecular weight is 365 g/mol. The predicted molar refractivity (Wildman–Crippen MR) is 100 cm³/mol. The van der Waals surface area contributed by atoms with Gasteiger partial charge in [0.1, 0.15) is 24.0 Å². The number of rotatable bonds is 4. The number of aromatic nitrogens is 2. The first-order chi connectivity index (χ1) is 13.0. The number of amides is 1. The number of nitrogens with zero attached hydrogens (tertiary/aromatic N) is 2. The van der Waals surface area contributed by atoms with Gasteiger partial charge in [-0.05, 0) is 30.7 Å². The Kier molecular flexibility index (Phi) is 4.39. The molecule has 0 saturated carbocycles. The first kappa shape index (κ1) is 17.3. The van der Waals surface area contributed by atoms with Crippen molar-refractivity contribution in [3.8, 4) is 5.75 Å². The Morgan fingerprint density at radius 1 is 1.22 bits per heavy atom. The highest BCUT2D eigenvalue weighted by Gasteiger charge is 2.31. The normalized spacial score (nSPS) is 16.0. The summed E-state index contributed by atoms with van der Waals surface area (Å²) in [4.78, 5) is 12.1. The first-order valence-electron chi connectivity index (χ1n) is 8.82. The van der Waals surface area contributed by atoms with Crippen molar-refractivity contribution in [3.05, 3.63) is 76.7 Å². The van der Waals surface area contributed by atoms with Gasteiger partial charge in [-0.15, -0.1) is 0 Å². The maximum Gasteiger partial charge on any atom is 0.226 e.